The van der Waals surface area contributed by atoms with Crippen molar-refractivity contribution >= 4 is 16.9 Å². The number of carbonyl (C=O) groups excluding carboxylic acids is 1. The highest BCUT2D eigenvalue weighted by Crippen LogP contribution is 2.16. The molecule has 4 rings (SSSR count). The Kier molecular flexibility index (Phi) is 5.87. The molecule has 1 saturated heterocycles. The molecule has 0 saturated carbocycles. The molecule has 1 N–H and O–H groups in total. The number of nitrogens with zero attached hydrogens (tertiary/aromatic N) is 3. The van der Waals surface area contributed by atoms with Gasteiger partial charge in [-0.1, -0.05) is 24.3 Å². The summed E-state index contributed by atoms with van der Waals surface area (Å²) >= 11 is 0. The summed E-state index contributed by atoms with van der Waals surface area (Å²) in [5.74, 6) is 0. The van der Waals surface area contributed by atoms with Gasteiger partial charge in [-0.05, 0) is 42.5 Å². The number of carbonyl (C=O) groups is 1. The smallest absolute Gasteiger partial charge is 0.317 e. The van der Waals surface area contributed by atoms with Gasteiger partial charge >= 0.3 is 6.03 Å². The van der Waals surface area contributed by atoms with Gasteiger partial charge in [-0.3, -0.25) is 4.98 Å². The maximum atomic E-state index is 12.5. The van der Waals surface area contributed by atoms with Gasteiger partial charge < -0.3 is 19.5 Å². The average Bonchev–Trinajstić information content (AvgIpc) is 3.16. The van der Waals surface area contributed by atoms with Crippen molar-refractivity contribution in [3.8, 4) is 0 Å². The average molecular weight is 378 g/mol. The molecule has 3 heterocycles. The van der Waals surface area contributed by atoms with Gasteiger partial charge in [0.05, 0.1) is 18.4 Å². The third-order valence-electron chi connectivity index (χ3n) is 5.17. The fraction of sp³-hybridized carbons (Fsp3) is 0.364. The van der Waals surface area contributed by atoms with E-state index < -0.39 is 0 Å². The van der Waals surface area contributed by atoms with Crippen LogP contribution in [0, 0.1) is 0 Å². The largest absolute Gasteiger partial charge is 0.370 e. The molecule has 1 atom stereocenters. The Morgan fingerprint density at radius 2 is 2.07 bits per heavy atom. The van der Waals surface area contributed by atoms with E-state index in [0.29, 0.717) is 19.7 Å². The van der Waals surface area contributed by atoms with E-state index in [1.807, 2.05) is 35.2 Å². The third kappa shape index (κ3) is 4.51. The van der Waals surface area contributed by atoms with E-state index >= 15 is 0 Å². The van der Waals surface area contributed by atoms with Gasteiger partial charge in [0.2, 0.25) is 0 Å². The lowest BCUT2D eigenvalue weighted by molar-refractivity contribution is -0.00164. The van der Waals surface area contributed by atoms with E-state index in [9.17, 15) is 4.79 Å². The van der Waals surface area contributed by atoms with Crippen LogP contribution in [0.5, 0.6) is 0 Å². The topological polar surface area (TPSA) is 59.4 Å². The van der Waals surface area contributed by atoms with E-state index in [1.54, 1.807) is 6.20 Å². The first-order chi connectivity index (χ1) is 13.8. The summed E-state index contributed by atoms with van der Waals surface area (Å²) in [4.78, 5) is 18.7. The number of fused-ring (bicyclic) bond motifs is 1. The van der Waals surface area contributed by atoms with Crippen LogP contribution in [0.2, 0.25) is 0 Å². The zero-order valence-electron chi connectivity index (χ0n) is 16.0. The van der Waals surface area contributed by atoms with Gasteiger partial charge in [-0.25, -0.2) is 4.79 Å². The molecule has 146 valence electrons. The monoisotopic (exact) mass is 378 g/mol. The van der Waals surface area contributed by atoms with Crippen LogP contribution in [0.3, 0.4) is 0 Å². The van der Waals surface area contributed by atoms with Crippen LogP contribution in [-0.4, -0.2) is 46.2 Å². The number of benzene rings is 1. The number of pyridine rings is 1. The van der Waals surface area contributed by atoms with E-state index in [1.165, 1.54) is 10.9 Å². The summed E-state index contributed by atoms with van der Waals surface area (Å²) in [6.45, 7) is 3.26. The van der Waals surface area contributed by atoms with Gasteiger partial charge in [0, 0.05) is 44.1 Å². The molecular weight excluding hydrogens is 352 g/mol. The van der Waals surface area contributed by atoms with Crippen LogP contribution in [0.1, 0.15) is 18.5 Å². The maximum Gasteiger partial charge on any atom is 0.317 e. The minimum Gasteiger partial charge on any atom is -0.370 e. The minimum absolute atomic E-state index is 0.0115. The summed E-state index contributed by atoms with van der Waals surface area (Å²) in [6.07, 6.45) is 5.84. The summed E-state index contributed by atoms with van der Waals surface area (Å²) in [5, 5.41) is 4.27. The molecular formula is C22H26N4O2. The first-order valence-electron chi connectivity index (χ1n) is 9.88. The van der Waals surface area contributed by atoms with E-state index in [2.05, 4.69) is 39.3 Å². The highest BCUT2D eigenvalue weighted by molar-refractivity contribution is 5.80. The summed E-state index contributed by atoms with van der Waals surface area (Å²) in [6, 6.07) is 16.2. The van der Waals surface area contributed by atoms with Gasteiger partial charge in [-0.2, -0.15) is 0 Å². The lowest BCUT2D eigenvalue weighted by Crippen LogP contribution is -2.48. The number of nitrogens with one attached hydrogen (secondary N) is 1. The predicted molar refractivity (Wildman–Crippen MR) is 109 cm³/mol. The Hall–Kier alpha value is -2.86. The fourth-order valence-electron chi connectivity index (χ4n) is 3.68. The first-order valence-corrected chi connectivity index (χ1v) is 9.88. The van der Waals surface area contributed by atoms with E-state index in [4.69, 9.17) is 4.74 Å². The van der Waals surface area contributed by atoms with Crippen molar-refractivity contribution in [2.75, 3.05) is 19.6 Å². The van der Waals surface area contributed by atoms with Crippen molar-refractivity contribution in [2.45, 2.75) is 32.1 Å². The predicted octanol–water partition coefficient (Wildman–Crippen LogP) is 3.43. The number of aromatic nitrogens is 2. The van der Waals surface area contributed by atoms with Crippen LogP contribution in [-0.2, 0) is 17.9 Å². The highest BCUT2D eigenvalue weighted by atomic mass is 16.5. The lowest BCUT2D eigenvalue weighted by Gasteiger charge is -2.32. The number of likely N-dealkylation sites (tertiary alicyclic amines) is 1. The molecule has 28 heavy (non-hydrogen) atoms. The quantitative estimate of drug-likeness (QED) is 0.715. The van der Waals surface area contributed by atoms with Crippen molar-refractivity contribution in [3.05, 3.63) is 66.6 Å². The molecule has 2 aromatic heterocycles. The molecule has 1 aliphatic heterocycles. The van der Waals surface area contributed by atoms with Gasteiger partial charge in [-0.15, -0.1) is 0 Å². The lowest BCUT2D eigenvalue weighted by atomic mass is 10.1. The molecule has 6 heteroatoms. The SMILES string of the molecule is O=C(NCCn1ccc2ccccc21)N1CCCC(OCc2ccccn2)C1. The zero-order valence-corrected chi connectivity index (χ0v) is 16.0. The van der Waals surface area contributed by atoms with Crippen LogP contribution < -0.4 is 5.32 Å². The number of hydrogen-bond acceptors (Lipinski definition) is 3. The Morgan fingerprint density at radius 1 is 1.18 bits per heavy atom. The van der Waals surface area contributed by atoms with Crippen molar-refractivity contribution in [2.24, 2.45) is 0 Å². The van der Waals surface area contributed by atoms with Gasteiger partial charge in [0.15, 0.2) is 0 Å². The Labute approximate surface area is 165 Å². The van der Waals surface area contributed by atoms with E-state index in [-0.39, 0.29) is 12.1 Å². The molecule has 0 aliphatic carbocycles. The van der Waals surface area contributed by atoms with Crippen molar-refractivity contribution in [1.29, 1.82) is 0 Å². The summed E-state index contributed by atoms with van der Waals surface area (Å²) in [5.41, 5.74) is 2.11. The summed E-state index contributed by atoms with van der Waals surface area (Å²) < 4.78 is 8.14. The minimum atomic E-state index is -0.0115. The number of para-hydroxylation sites is 1. The molecule has 1 fully saturated rings. The van der Waals surface area contributed by atoms with Crippen LogP contribution in [0.15, 0.2) is 60.9 Å². The number of rotatable bonds is 6. The number of urea groups is 1. The molecule has 0 spiro atoms. The van der Waals surface area contributed by atoms with Gasteiger partial charge in [0.1, 0.15) is 0 Å². The molecule has 1 aliphatic rings. The number of hydrogen-bond donors (Lipinski definition) is 1. The van der Waals surface area contributed by atoms with Crippen molar-refractivity contribution in [3.63, 3.8) is 0 Å². The second-order valence-corrected chi connectivity index (χ2v) is 7.14. The normalized spacial score (nSPS) is 17.0. The van der Waals surface area contributed by atoms with Crippen LogP contribution in [0.25, 0.3) is 10.9 Å². The Bertz CT molecular complexity index is 909. The molecule has 3 aromatic rings. The van der Waals surface area contributed by atoms with Gasteiger partial charge in [0.25, 0.3) is 0 Å². The van der Waals surface area contributed by atoms with Crippen molar-refractivity contribution in [1.82, 2.24) is 19.8 Å². The molecule has 1 aromatic carbocycles. The molecule has 0 bridgehead atoms. The van der Waals surface area contributed by atoms with Crippen LogP contribution >= 0.6 is 0 Å². The maximum absolute atomic E-state index is 12.5. The highest BCUT2D eigenvalue weighted by Gasteiger charge is 2.24. The second-order valence-electron chi connectivity index (χ2n) is 7.14. The molecule has 2 amide bonds. The molecule has 1 unspecified atom stereocenters. The Morgan fingerprint density at radius 3 is 2.96 bits per heavy atom. The molecule has 0 radical (unpaired) electrons. The van der Waals surface area contributed by atoms with Crippen LogP contribution in [0.4, 0.5) is 4.79 Å². The number of ether oxygens (including phenoxy) is 1. The second kappa shape index (κ2) is 8.89. The fourth-order valence-corrected chi connectivity index (χ4v) is 3.68. The summed E-state index contributed by atoms with van der Waals surface area (Å²) in [7, 11) is 0. The zero-order chi connectivity index (χ0) is 19.2. The van der Waals surface area contributed by atoms with E-state index in [0.717, 1.165) is 31.6 Å². The third-order valence-corrected chi connectivity index (χ3v) is 5.17. The standard InChI is InChI=1S/C22H26N4O2/c27-22(24-12-15-25-14-10-18-6-1-2-9-21(18)25)26-13-5-8-20(16-26)28-17-19-7-3-4-11-23-19/h1-4,6-7,9-11,14,20H,5,8,12-13,15-17H2,(H,24,27). The molecule has 6 nitrogen and oxygen atoms in total. The number of amides is 2. The van der Waals surface area contributed by atoms with Crippen molar-refractivity contribution < 1.29 is 9.53 Å². The Balaban J connectivity index is 1.24. The first kappa shape index (κ1) is 18.5. The number of piperidine rings is 1.